The molecule has 2 atom stereocenters. The minimum Gasteiger partial charge on any atom is -0.335 e. The van der Waals surface area contributed by atoms with Crippen molar-refractivity contribution in [3.05, 3.63) is 18.0 Å². The first-order valence-electron chi connectivity index (χ1n) is 6.26. The van der Waals surface area contributed by atoms with Crippen molar-refractivity contribution < 1.29 is 4.79 Å². The van der Waals surface area contributed by atoms with Crippen molar-refractivity contribution in [2.75, 3.05) is 19.6 Å². The van der Waals surface area contributed by atoms with Gasteiger partial charge in [0.2, 0.25) is 0 Å². The van der Waals surface area contributed by atoms with Gasteiger partial charge in [0, 0.05) is 32.4 Å². The molecule has 2 aliphatic heterocycles. The van der Waals surface area contributed by atoms with Crippen molar-refractivity contribution in [1.29, 1.82) is 0 Å². The third kappa shape index (κ3) is 1.95. The van der Waals surface area contributed by atoms with Gasteiger partial charge in [0.15, 0.2) is 0 Å². The lowest BCUT2D eigenvalue weighted by Crippen LogP contribution is -2.41. The van der Waals surface area contributed by atoms with Gasteiger partial charge in [-0.05, 0) is 31.4 Å². The van der Waals surface area contributed by atoms with Crippen molar-refractivity contribution in [2.24, 2.45) is 13.0 Å². The Hall–Kier alpha value is -1.36. The summed E-state index contributed by atoms with van der Waals surface area (Å²) in [5.74, 6) is 0.707. The van der Waals surface area contributed by atoms with Crippen LogP contribution in [0.3, 0.4) is 0 Å². The molecule has 17 heavy (non-hydrogen) atoms. The van der Waals surface area contributed by atoms with Crippen LogP contribution < -0.4 is 5.32 Å². The number of hydrogen-bond acceptors (Lipinski definition) is 3. The van der Waals surface area contributed by atoms with Gasteiger partial charge in [-0.1, -0.05) is 0 Å². The molecule has 0 unspecified atom stereocenters. The number of carbonyl (C=O) groups is 1. The maximum Gasteiger partial charge on any atom is 0.274 e. The number of carbonyl (C=O) groups excluding carboxylic acids is 1. The standard InChI is InChI=1S/C12H18N4O/c1-15-6-4-10(14-15)12(17)16-7-9-3-2-5-13-11(9)8-16/h4,6,9,11,13H,2-3,5,7-8H2,1H3/t9-,11+/m0/s1. The van der Waals surface area contributed by atoms with Gasteiger partial charge in [0.05, 0.1) is 0 Å². The summed E-state index contributed by atoms with van der Waals surface area (Å²) in [6.45, 7) is 2.81. The maximum absolute atomic E-state index is 12.2. The number of hydrogen-bond donors (Lipinski definition) is 1. The fourth-order valence-corrected chi connectivity index (χ4v) is 2.90. The molecule has 5 heteroatoms. The fourth-order valence-electron chi connectivity index (χ4n) is 2.90. The summed E-state index contributed by atoms with van der Waals surface area (Å²) >= 11 is 0. The number of aromatic nitrogens is 2. The first-order chi connectivity index (χ1) is 8.24. The van der Waals surface area contributed by atoms with Gasteiger partial charge in [-0.25, -0.2) is 0 Å². The van der Waals surface area contributed by atoms with Crippen LogP contribution in [0.4, 0.5) is 0 Å². The van der Waals surface area contributed by atoms with Crippen molar-refractivity contribution in [2.45, 2.75) is 18.9 Å². The molecule has 2 fully saturated rings. The molecule has 3 rings (SSSR count). The van der Waals surface area contributed by atoms with E-state index in [1.807, 2.05) is 18.1 Å². The minimum atomic E-state index is 0.0711. The molecule has 0 radical (unpaired) electrons. The van der Waals surface area contributed by atoms with Crippen molar-refractivity contribution >= 4 is 5.91 Å². The number of amides is 1. The zero-order valence-electron chi connectivity index (χ0n) is 10.1. The average Bonchev–Trinajstić information content (AvgIpc) is 2.93. The molecule has 0 saturated carbocycles. The number of aryl methyl sites for hydroxylation is 1. The van der Waals surface area contributed by atoms with E-state index in [1.54, 1.807) is 10.7 Å². The summed E-state index contributed by atoms with van der Waals surface area (Å²) in [4.78, 5) is 14.2. The quantitative estimate of drug-likeness (QED) is 0.757. The SMILES string of the molecule is Cn1ccc(C(=O)N2C[C@@H]3CCCN[C@@H]3C2)n1. The van der Waals surface area contributed by atoms with Crippen LogP contribution >= 0.6 is 0 Å². The van der Waals surface area contributed by atoms with Crippen LogP contribution in [0, 0.1) is 5.92 Å². The minimum absolute atomic E-state index is 0.0711. The molecule has 0 aromatic carbocycles. The van der Waals surface area contributed by atoms with E-state index in [2.05, 4.69) is 10.4 Å². The van der Waals surface area contributed by atoms with E-state index in [1.165, 1.54) is 12.8 Å². The largest absolute Gasteiger partial charge is 0.335 e. The molecular weight excluding hydrogens is 216 g/mol. The van der Waals surface area contributed by atoms with E-state index >= 15 is 0 Å². The highest BCUT2D eigenvalue weighted by molar-refractivity contribution is 5.92. The van der Waals surface area contributed by atoms with Crippen LogP contribution in [0.5, 0.6) is 0 Å². The number of piperidine rings is 1. The molecule has 5 nitrogen and oxygen atoms in total. The highest BCUT2D eigenvalue weighted by Gasteiger charge is 2.37. The molecule has 1 amide bonds. The molecule has 1 aromatic rings. The highest BCUT2D eigenvalue weighted by Crippen LogP contribution is 2.25. The summed E-state index contributed by atoms with van der Waals surface area (Å²) < 4.78 is 1.68. The number of fused-ring (bicyclic) bond motifs is 1. The Kier molecular flexibility index (Phi) is 2.63. The molecule has 92 valence electrons. The van der Waals surface area contributed by atoms with Gasteiger partial charge in [-0.2, -0.15) is 5.10 Å². The second-order valence-corrected chi connectivity index (χ2v) is 5.05. The first-order valence-corrected chi connectivity index (χ1v) is 6.26. The molecule has 2 aliphatic rings. The van der Waals surface area contributed by atoms with E-state index in [4.69, 9.17) is 0 Å². The monoisotopic (exact) mass is 234 g/mol. The molecule has 1 N–H and O–H groups in total. The van der Waals surface area contributed by atoms with E-state index in [0.717, 1.165) is 19.6 Å². The molecule has 0 spiro atoms. The Balaban J connectivity index is 1.71. The number of nitrogens with zero attached hydrogens (tertiary/aromatic N) is 3. The first kappa shape index (κ1) is 10.8. The predicted molar refractivity (Wildman–Crippen MR) is 63.6 cm³/mol. The van der Waals surface area contributed by atoms with Crippen LogP contribution in [0.25, 0.3) is 0 Å². The van der Waals surface area contributed by atoms with Crippen LogP contribution in [-0.4, -0.2) is 46.3 Å². The molecule has 2 saturated heterocycles. The second kappa shape index (κ2) is 4.14. The van der Waals surface area contributed by atoms with Gasteiger partial charge in [-0.3, -0.25) is 9.48 Å². The zero-order chi connectivity index (χ0) is 11.8. The van der Waals surface area contributed by atoms with Crippen molar-refractivity contribution in [3.8, 4) is 0 Å². The zero-order valence-corrected chi connectivity index (χ0v) is 10.1. The summed E-state index contributed by atoms with van der Waals surface area (Å²) in [5, 5.41) is 7.68. The Labute approximate surface area is 101 Å². The normalized spacial score (nSPS) is 28.2. The van der Waals surface area contributed by atoms with Crippen LogP contribution in [0.2, 0.25) is 0 Å². The second-order valence-electron chi connectivity index (χ2n) is 5.05. The number of likely N-dealkylation sites (tertiary alicyclic amines) is 1. The average molecular weight is 234 g/mol. The third-order valence-electron chi connectivity index (χ3n) is 3.82. The van der Waals surface area contributed by atoms with Crippen LogP contribution in [0.1, 0.15) is 23.3 Å². The Bertz CT molecular complexity index is 414. The number of rotatable bonds is 1. The van der Waals surface area contributed by atoms with Crippen molar-refractivity contribution in [1.82, 2.24) is 20.0 Å². The lowest BCUT2D eigenvalue weighted by atomic mass is 9.94. The van der Waals surface area contributed by atoms with Gasteiger partial charge >= 0.3 is 0 Å². The Morgan fingerprint density at radius 3 is 3.12 bits per heavy atom. The Morgan fingerprint density at radius 2 is 2.41 bits per heavy atom. The van der Waals surface area contributed by atoms with Crippen LogP contribution in [-0.2, 0) is 7.05 Å². The molecule has 3 heterocycles. The number of nitrogens with one attached hydrogen (secondary N) is 1. The summed E-state index contributed by atoms with van der Waals surface area (Å²) in [5.41, 5.74) is 0.561. The topological polar surface area (TPSA) is 50.2 Å². The molecule has 1 aromatic heterocycles. The van der Waals surface area contributed by atoms with Gasteiger partial charge in [0.25, 0.3) is 5.91 Å². The summed E-state index contributed by atoms with van der Waals surface area (Å²) in [7, 11) is 1.84. The van der Waals surface area contributed by atoms with Gasteiger partial charge in [-0.15, -0.1) is 0 Å². The lowest BCUT2D eigenvalue weighted by Gasteiger charge is -2.24. The van der Waals surface area contributed by atoms with E-state index in [0.29, 0.717) is 17.7 Å². The maximum atomic E-state index is 12.2. The predicted octanol–water partition coefficient (Wildman–Crippen LogP) is 0.244. The lowest BCUT2D eigenvalue weighted by molar-refractivity contribution is 0.0779. The van der Waals surface area contributed by atoms with Gasteiger partial charge in [0.1, 0.15) is 5.69 Å². The molecule has 0 bridgehead atoms. The highest BCUT2D eigenvalue weighted by atomic mass is 16.2. The summed E-state index contributed by atoms with van der Waals surface area (Å²) in [6.07, 6.45) is 4.28. The third-order valence-corrected chi connectivity index (χ3v) is 3.82. The Morgan fingerprint density at radius 1 is 1.53 bits per heavy atom. The smallest absolute Gasteiger partial charge is 0.274 e. The fraction of sp³-hybridized carbons (Fsp3) is 0.667. The molecule has 0 aliphatic carbocycles. The van der Waals surface area contributed by atoms with Crippen molar-refractivity contribution in [3.63, 3.8) is 0 Å². The van der Waals surface area contributed by atoms with E-state index in [9.17, 15) is 4.79 Å². The van der Waals surface area contributed by atoms with Crippen LogP contribution in [0.15, 0.2) is 12.3 Å². The van der Waals surface area contributed by atoms with Gasteiger partial charge < -0.3 is 10.2 Å². The molecular formula is C12H18N4O. The summed E-state index contributed by atoms with van der Waals surface area (Å²) in [6, 6.07) is 2.29. The van der Waals surface area contributed by atoms with E-state index < -0.39 is 0 Å². The van der Waals surface area contributed by atoms with E-state index in [-0.39, 0.29) is 5.91 Å².